The van der Waals surface area contributed by atoms with Gasteiger partial charge in [0.1, 0.15) is 11.5 Å². The van der Waals surface area contributed by atoms with E-state index in [4.69, 9.17) is 25.7 Å². The zero-order valence-electron chi connectivity index (χ0n) is 24.8. The van der Waals surface area contributed by atoms with E-state index in [1.165, 1.54) is 11.3 Å². The summed E-state index contributed by atoms with van der Waals surface area (Å²) in [5, 5.41) is 0.616. The topological polar surface area (TPSA) is 73.8 Å². The van der Waals surface area contributed by atoms with E-state index >= 15 is 0 Å². The van der Waals surface area contributed by atoms with E-state index in [9.17, 15) is 9.59 Å². The quantitative estimate of drug-likeness (QED) is 0.179. The molecule has 0 bridgehead atoms. The monoisotopic (exact) mass is 622 g/mol. The molecule has 5 aromatic rings. The van der Waals surface area contributed by atoms with Gasteiger partial charge in [0.05, 0.1) is 28.5 Å². The van der Waals surface area contributed by atoms with E-state index in [1.54, 1.807) is 17.6 Å². The van der Waals surface area contributed by atoms with Crippen LogP contribution in [0.3, 0.4) is 0 Å². The zero-order valence-corrected chi connectivity index (χ0v) is 26.4. The molecule has 0 spiro atoms. The van der Waals surface area contributed by atoms with Crippen molar-refractivity contribution in [2.75, 3.05) is 6.61 Å². The molecule has 6 rings (SSSR count). The molecule has 0 N–H and O–H groups in total. The summed E-state index contributed by atoms with van der Waals surface area (Å²) in [5.74, 6) is 1.01. The predicted molar refractivity (Wildman–Crippen MR) is 175 cm³/mol. The Hall–Kier alpha value is -4.46. The molecule has 3 aromatic carbocycles. The number of fused-ring (bicyclic) bond motifs is 1. The van der Waals surface area contributed by atoms with Crippen molar-refractivity contribution in [2.24, 2.45) is 4.99 Å². The lowest BCUT2D eigenvalue weighted by Gasteiger charge is -2.26. The van der Waals surface area contributed by atoms with Crippen molar-refractivity contribution < 1.29 is 13.9 Å². The number of thiazole rings is 1. The summed E-state index contributed by atoms with van der Waals surface area (Å²) in [4.78, 5) is 33.2. The Morgan fingerprint density at radius 2 is 1.82 bits per heavy atom. The Labute approximate surface area is 264 Å². The SMILES string of the molecule is CCOC(=O)C1=C(c2ccccc2)N=c2s/c(=C\c3ccc(-c4cc(Cl)ccc4C)o3)c(=O)n2[C@@H]1c1ccc(C(C)C)cc1. The van der Waals surface area contributed by atoms with Crippen LogP contribution in [-0.4, -0.2) is 17.1 Å². The van der Waals surface area contributed by atoms with Gasteiger partial charge < -0.3 is 9.15 Å². The van der Waals surface area contributed by atoms with E-state index in [0.717, 1.165) is 27.8 Å². The van der Waals surface area contributed by atoms with Gasteiger partial charge in [0.2, 0.25) is 0 Å². The third kappa shape index (κ3) is 5.61. The Balaban J connectivity index is 1.56. The van der Waals surface area contributed by atoms with Crippen molar-refractivity contribution in [3.63, 3.8) is 0 Å². The Morgan fingerprint density at radius 1 is 1.07 bits per heavy atom. The molecular weight excluding hydrogens is 592 g/mol. The lowest BCUT2D eigenvalue weighted by molar-refractivity contribution is -0.138. The smallest absolute Gasteiger partial charge is 0.338 e. The maximum absolute atomic E-state index is 14.2. The van der Waals surface area contributed by atoms with Crippen LogP contribution in [0.4, 0.5) is 0 Å². The molecule has 0 amide bonds. The molecule has 222 valence electrons. The number of furan rings is 1. The summed E-state index contributed by atoms with van der Waals surface area (Å²) in [6, 6.07) is 26.2. The largest absolute Gasteiger partial charge is 0.463 e. The first-order valence-corrected chi connectivity index (χ1v) is 15.7. The van der Waals surface area contributed by atoms with Crippen molar-refractivity contribution >= 4 is 40.7 Å². The van der Waals surface area contributed by atoms with Crippen LogP contribution in [-0.2, 0) is 9.53 Å². The first-order valence-electron chi connectivity index (χ1n) is 14.5. The van der Waals surface area contributed by atoms with Crippen molar-refractivity contribution in [2.45, 2.75) is 39.7 Å². The minimum absolute atomic E-state index is 0.195. The van der Waals surface area contributed by atoms with Gasteiger partial charge in [-0.3, -0.25) is 9.36 Å². The molecule has 1 aliphatic heterocycles. The molecule has 1 aliphatic rings. The fourth-order valence-corrected chi connectivity index (χ4v) is 6.54. The maximum Gasteiger partial charge on any atom is 0.338 e. The van der Waals surface area contributed by atoms with Gasteiger partial charge in [0.25, 0.3) is 5.56 Å². The van der Waals surface area contributed by atoms with Gasteiger partial charge in [-0.2, -0.15) is 0 Å². The van der Waals surface area contributed by atoms with Crippen LogP contribution in [0.1, 0.15) is 60.7 Å². The normalized spacial score (nSPS) is 15.0. The van der Waals surface area contributed by atoms with E-state index in [-0.39, 0.29) is 12.2 Å². The first-order chi connectivity index (χ1) is 21.2. The first kappa shape index (κ1) is 29.6. The molecule has 44 heavy (non-hydrogen) atoms. The van der Waals surface area contributed by atoms with Crippen molar-refractivity contribution in [3.8, 4) is 11.3 Å². The number of nitrogens with zero attached hydrogens (tertiary/aromatic N) is 2. The number of esters is 1. The Morgan fingerprint density at radius 3 is 2.52 bits per heavy atom. The zero-order chi connectivity index (χ0) is 31.0. The summed E-state index contributed by atoms with van der Waals surface area (Å²) in [6.07, 6.45) is 1.72. The minimum Gasteiger partial charge on any atom is -0.463 e. The number of ether oxygens (including phenoxy) is 1. The van der Waals surface area contributed by atoms with Crippen molar-refractivity contribution in [3.05, 3.63) is 143 Å². The summed E-state index contributed by atoms with van der Waals surface area (Å²) < 4.78 is 13.8. The van der Waals surface area contributed by atoms with Gasteiger partial charge >= 0.3 is 5.97 Å². The molecule has 6 nitrogen and oxygen atoms in total. The Bertz CT molecular complexity index is 2070. The average molecular weight is 623 g/mol. The number of rotatable bonds is 7. The summed E-state index contributed by atoms with van der Waals surface area (Å²) >= 11 is 7.50. The number of carbonyl (C=O) groups excluding carboxylic acids is 1. The molecule has 1 atom stereocenters. The molecule has 0 fully saturated rings. The second-order valence-electron chi connectivity index (χ2n) is 10.9. The van der Waals surface area contributed by atoms with Crippen molar-refractivity contribution in [1.29, 1.82) is 0 Å². The number of hydrogen-bond acceptors (Lipinski definition) is 6. The standard InChI is InChI=1S/C36H31ClN2O4S/c1-5-42-35(41)31-32(24-9-7-6-8-10-24)38-36-39(33(31)25-14-12-23(13-15-25)21(2)3)34(40)30(44-36)20-27-17-18-29(43-27)28-19-26(37)16-11-22(28)4/h6-21,33H,5H2,1-4H3/b30-20-/t33-/m1/s1. The highest BCUT2D eigenvalue weighted by molar-refractivity contribution is 7.07. The van der Waals surface area contributed by atoms with Crippen LogP contribution in [0, 0.1) is 6.92 Å². The fourth-order valence-electron chi connectivity index (χ4n) is 5.38. The van der Waals surface area contributed by atoms with Crippen LogP contribution >= 0.6 is 22.9 Å². The van der Waals surface area contributed by atoms with Crippen LogP contribution in [0.25, 0.3) is 23.1 Å². The lowest BCUT2D eigenvalue weighted by Crippen LogP contribution is -2.40. The molecule has 0 saturated carbocycles. The highest BCUT2D eigenvalue weighted by atomic mass is 35.5. The number of aromatic nitrogens is 1. The molecule has 0 aliphatic carbocycles. The molecule has 2 aromatic heterocycles. The highest BCUT2D eigenvalue weighted by Gasteiger charge is 2.35. The van der Waals surface area contributed by atoms with E-state index in [1.807, 2.05) is 91.9 Å². The fraction of sp³-hybridized carbons (Fsp3) is 0.194. The summed E-state index contributed by atoms with van der Waals surface area (Å²) in [5.41, 5.74) is 5.19. The predicted octanol–water partition coefficient (Wildman–Crippen LogP) is 7.28. The van der Waals surface area contributed by atoms with Crippen LogP contribution < -0.4 is 14.9 Å². The van der Waals surface area contributed by atoms with Gasteiger partial charge in [-0.05, 0) is 60.7 Å². The second kappa shape index (κ2) is 12.3. The molecule has 0 saturated heterocycles. The van der Waals surface area contributed by atoms with E-state index in [2.05, 4.69) is 13.8 Å². The van der Waals surface area contributed by atoms with Gasteiger partial charge in [-0.1, -0.05) is 97.4 Å². The number of carbonyl (C=O) groups is 1. The Kier molecular flexibility index (Phi) is 8.25. The number of hydrogen-bond donors (Lipinski definition) is 0. The summed E-state index contributed by atoms with van der Waals surface area (Å²) in [7, 11) is 0. The van der Waals surface area contributed by atoms with Gasteiger partial charge in [-0.15, -0.1) is 0 Å². The minimum atomic E-state index is -0.731. The molecule has 8 heteroatoms. The maximum atomic E-state index is 14.2. The molecule has 3 heterocycles. The van der Waals surface area contributed by atoms with Crippen LogP contribution in [0.2, 0.25) is 5.02 Å². The van der Waals surface area contributed by atoms with Crippen LogP contribution in [0.15, 0.2) is 105 Å². The van der Waals surface area contributed by atoms with E-state index < -0.39 is 12.0 Å². The molecule has 0 radical (unpaired) electrons. The third-order valence-electron chi connectivity index (χ3n) is 7.66. The second-order valence-corrected chi connectivity index (χ2v) is 12.4. The lowest BCUT2D eigenvalue weighted by atomic mass is 9.91. The summed E-state index contributed by atoms with van der Waals surface area (Å²) in [6.45, 7) is 8.21. The highest BCUT2D eigenvalue weighted by Crippen LogP contribution is 2.36. The van der Waals surface area contributed by atoms with Gasteiger partial charge in [0, 0.05) is 22.2 Å². The average Bonchev–Trinajstić information content (AvgIpc) is 3.62. The van der Waals surface area contributed by atoms with E-state index in [0.29, 0.717) is 43.1 Å². The molecule has 0 unspecified atom stereocenters. The van der Waals surface area contributed by atoms with Gasteiger partial charge in [-0.25, -0.2) is 9.79 Å². The third-order valence-corrected chi connectivity index (χ3v) is 8.88. The number of benzene rings is 3. The van der Waals surface area contributed by atoms with Gasteiger partial charge in [0.15, 0.2) is 4.80 Å². The number of halogens is 1. The van der Waals surface area contributed by atoms with Crippen LogP contribution in [0.5, 0.6) is 0 Å². The van der Waals surface area contributed by atoms with Crippen molar-refractivity contribution in [1.82, 2.24) is 4.57 Å². The number of aryl methyl sites for hydroxylation is 1. The molecular formula is C36H31ClN2O4S.